The quantitative estimate of drug-likeness (QED) is 0.419. The van der Waals surface area contributed by atoms with Gasteiger partial charge in [0.05, 0.1) is 5.56 Å². The van der Waals surface area contributed by atoms with Crippen LogP contribution in [0.25, 0.3) is 0 Å². The third kappa shape index (κ3) is 4.25. The van der Waals surface area contributed by atoms with Gasteiger partial charge in [0.2, 0.25) is 5.78 Å². The zero-order valence-electron chi connectivity index (χ0n) is 15.8. The predicted octanol–water partition coefficient (Wildman–Crippen LogP) is 0.637. The highest BCUT2D eigenvalue weighted by Gasteiger charge is 2.23. The maximum absolute atomic E-state index is 12.5. The van der Waals surface area contributed by atoms with Gasteiger partial charge in [-0.3, -0.25) is 23.5 Å². The van der Waals surface area contributed by atoms with Gasteiger partial charge in [-0.25, -0.2) is 9.59 Å². The summed E-state index contributed by atoms with van der Waals surface area (Å²) in [5, 5.41) is 0. The number of aldehydes is 1. The first-order valence-corrected chi connectivity index (χ1v) is 8.52. The molecule has 2 rings (SSSR count). The average Bonchev–Trinajstić information content (AvgIpc) is 2.67. The van der Waals surface area contributed by atoms with Crippen molar-refractivity contribution in [3.05, 3.63) is 61.8 Å². The van der Waals surface area contributed by atoms with Crippen molar-refractivity contribution in [1.82, 2.24) is 9.13 Å². The molecule has 1 heterocycles. The number of anilines is 1. The van der Waals surface area contributed by atoms with Crippen LogP contribution in [0.5, 0.6) is 0 Å². The monoisotopic (exact) mass is 387 g/mol. The lowest BCUT2D eigenvalue weighted by Crippen LogP contribution is -2.43. The number of ether oxygens (including phenoxy) is 1. The number of esters is 1. The van der Waals surface area contributed by atoms with Crippen LogP contribution in [0.15, 0.2) is 33.9 Å². The maximum atomic E-state index is 12.5. The molecular formula is C19H21N3O6. The number of nitrogens with zero attached hydrogens (tertiary/aromatic N) is 2. The van der Waals surface area contributed by atoms with E-state index in [2.05, 4.69) is 0 Å². The first kappa shape index (κ1) is 20.8. The number of hydrogen-bond donors (Lipinski definition) is 1. The molecule has 2 aromatic rings. The Morgan fingerprint density at radius 3 is 2.32 bits per heavy atom. The Morgan fingerprint density at radius 2 is 1.79 bits per heavy atom. The second-order valence-corrected chi connectivity index (χ2v) is 6.65. The van der Waals surface area contributed by atoms with E-state index in [4.69, 9.17) is 10.5 Å². The smallest absolute Gasteiger partial charge is 0.338 e. The molecule has 28 heavy (non-hydrogen) atoms. The van der Waals surface area contributed by atoms with Crippen LogP contribution < -0.4 is 17.0 Å². The third-order valence-corrected chi connectivity index (χ3v) is 4.03. The zero-order valence-corrected chi connectivity index (χ0v) is 15.8. The normalized spacial score (nSPS) is 10.7. The maximum Gasteiger partial charge on any atom is 0.338 e. The lowest BCUT2D eigenvalue weighted by molar-refractivity contribution is 0.0474. The summed E-state index contributed by atoms with van der Waals surface area (Å²) < 4.78 is 6.90. The lowest BCUT2D eigenvalue weighted by Gasteiger charge is -2.16. The minimum absolute atomic E-state index is 0.0487. The van der Waals surface area contributed by atoms with E-state index in [0.29, 0.717) is 11.8 Å². The fourth-order valence-electron chi connectivity index (χ4n) is 2.57. The largest absolute Gasteiger partial charge is 0.454 e. The Balaban J connectivity index is 2.27. The Hall–Kier alpha value is -3.49. The predicted molar refractivity (Wildman–Crippen MR) is 102 cm³/mol. The SMILES string of the molecule is CC(C)Cn1c(N)c(C(=O)COC(=O)c2ccc(C=O)cc2)c(=O)n(C)c1=O. The van der Waals surface area contributed by atoms with E-state index >= 15 is 0 Å². The Labute approximate surface area is 160 Å². The minimum Gasteiger partial charge on any atom is -0.454 e. The van der Waals surface area contributed by atoms with Crippen LogP contribution in [0.3, 0.4) is 0 Å². The second-order valence-electron chi connectivity index (χ2n) is 6.65. The molecule has 0 bridgehead atoms. The molecule has 0 atom stereocenters. The van der Waals surface area contributed by atoms with Crippen LogP contribution in [0, 0.1) is 5.92 Å². The summed E-state index contributed by atoms with van der Waals surface area (Å²) in [6, 6.07) is 5.63. The van der Waals surface area contributed by atoms with Gasteiger partial charge in [-0.2, -0.15) is 0 Å². The summed E-state index contributed by atoms with van der Waals surface area (Å²) >= 11 is 0. The Bertz CT molecular complexity index is 1030. The van der Waals surface area contributed by atoms with Crippen LogP contribution in [0.1, 0.15) is 44.9 Å². The van der Waals surface area contributed by atoms with Gasteiger partial charge in [0.25, 0.3) is 5.56 Å². The Morgan fingerprint density at radius 1 is 1.18 bits per heavy atom. The minimum atomic E-state index is -0.848. The van der Waals surface area contributed by atoms with Crippen molar-refractivity contribution in [2.45, 2.75) is 20.4 Å². The number of ketones is 1. The first-order chi connectivity index (χ1) is 13.2. The molecular weight excluding hydrogens is 366 g/mol. The first-order valence-electron chi connectivity index (χ1n) is 8.52. The van der Waals surface area contributed by atoms with Gasteiger partial charge in [-0.05, 0) is 18.1 Å². The molecule has 9 nitrogen and oxygen atoms in total. The molecule has 2 N–H and O–H groups in total. The van der Waals surface area contributed by atoms with E-state index in [1.54, 1.807) is 0 Å². The fourth-order valence-corrected chi connectivity index (χ4v) is 2.57. The van der Waals surface area contributed by atoms with Crippen LogP contribution in [0.4, 0.5) is 5.82 Å². The van der Waals surface area contributed by atoms with E-state index < -0.39 is 35.2 Å². The average molecular weight is 387 g/mol. The summed E-state index contributed by atoms with van der Waals surface area (Å²) in [6.45, 7) is 3.22. The van der Waals surface area contributed by atoms with Crippen LogP contribution >= 0.6 is 0 Å². The van der Waals surface area contributed by atoms with Gasteiger partial charge in [0.15, 0.2) is 6.61 Å². The standard InChI is InChI=1S/C19H21N3O6/c1-11(2)8-22-16(20)15(17(25)21(3)19(22)27)14(24)10-28-18(26)13-6-4-12(9-23)5-7-13/h4-7,9,11H,8,10,20H2,1-3H3. The highest BCUT2D eigenvalue weighted by molar-refractivity contribution is 6.02. The number of hydrogen-bond acceptors (Lipinski definition) is 7. The summed E-state index contributed by atoms with van der Waals surface area (Å²) in [5.41, 5.74) is 4.57. The van der Waals surface area contributed by atoms with E-state index in [-0.39, 0.29) is 23.8 Å². The molecule has 0 aliphatic carbocycles. The molecule has 0 spiro atoms. The van der Waals surface area contributed by atoms with E-state index in [0.717, 1.165) is 9.13 Å². The molecule has 1 aromatic heterocycles. The molecule has 0 unspecified atom stereocenters. The molecule has 148 valence electrons. The number of nitrogen functional groups attached to an aromatic ring is 1. The molecule has 9 heteroatoms. The number of nitrogens with two attached hydrogens (primary N) is 1. The number of Topliss-reactive ketones (excluding diaryl/α,β-unsaturated/α-hetero) is 1. The van der Waals surface area contributed by atoms with Gasteiger partial charge in [0, 0.05) is 19.2 Å². The van der Waals surface area contributed by atoms with Gasteiger partial charge in [-0.1, -0.05) is 26.0 Å². The van der Waals surface area contributed by atoms with Crippen LogP contribution in [0.2, 0.25) is 0 Å². The van der Waals surface area contributed by atoms with Crippen molar-refractivity contribution in [2.24, 2.45) is 13.0 Å². The van der Waals surface area contributed by atoms with Crippen LogP contribution in [-0.4, -0.2) is 33.8 Å². The van der Waals surface area contributed by atoms with Gasteiger partial charge >= 0.3 is 11.7 Å². The topological polar surface area (TPSA) is 130 Å². The second kappa shape index (κ2) is 8.47. The third-order valence-electron chi connectivity index (χ3n) is 4.03. The lowest BCUT2D eigenvalue weighted by atomic mass is 10.1. The van der Waals surface area contributed by atoms with Gasteiger partial charge in [0.1, 0.15) is 17.7 Å². The van der Waals surface area contributed by atoms with E-state index in [1.807, 2.05) is 13.8 Å². The summed E-state index contributed by atoms with van der Waals surface area (Å²) in [7, 11) is 1.25. The number of aromatic nitrogens is 2. The molecule has 0 saturated heterocycles. The van der Waals surface area contributed by atoms with Crippen molar-refractivity contribution in [1.29, 1.82) is 0 Å². The zero-order chi connectivity index (χ0) is 21.0. The highest BCUT2D eigenvalue weighted by Crippen LogP contribution is 2.10. The van der Waals surface area contributed by atoms with Crippen molar-refractivity contribution in [2.75, 3.05) is 12.3 Å². The van der Waals surface area contributed by atoms with Crippen molar-refractivity contribution in [3.63, 3.8) is 0 Å². The molecule has 0 aliphatic rings. The number of rotatable bonds is 7. The van der Waals surface area contributed by atoms with Gasteiger partial charge < -0.3 is 10.5 Å². The van der Waals surface area contributed by atoms with Gasteiger partial charge in [-0.15, -0.1) is 0 Å². The van der Waals surface area contributed by atoms with E-state index in [1.165, 1.54) is 31.3 Å². The summed E-state index contributed by atoms with van der Waals surface area (Å²) in [4.78, 5) is 59.8. The summed E-state index contributed by atoms with van der Waals surface area (Å²) in [5.74, 6) is -1.81. The molecule has 0 amide bonds. The number of carbonyl (C=O) groups excluding carboxylic acids is 3. The highest BCUT2D eigenvalue weighted by atomic mass is 16.5. The number of benzene rings is 1. The fraction of sp³-hybridized carbons (Fsp3) is 0.316. The van der Waals surface area contributed by atoms with Crippen molar-refractivity contribution in [3.8, 4) is 0 Å². The van der Waals surface area contributed by atoms with Crippen molar-refractivity contribution >= 4 is 23.9 Å². The Kier molecular flexibility index (Phi) is 6.29. The molecule has 1 aromatic carbocycles. The summed E-state index contributed by atoms with van der Waals surface area (Å²) in [6.07, 6.45) is 0.628. The molecule has 0 saturated carbocycles. The molecule has 0 fully saturated rings. The molecule has 0 aliphatic heterocycles. The van der Waals surface area contributed by atoms with Crippen molar-refractivity contribution < 1.29 is 19.1 Å². The number of carbonyl (C=O) groups is 3. The van der Waals surface area contributed by atoms with E-state index in [9.17, 15) is 24.0 Å². The molecule has 0 radical (unpaired) electrons. The van der Waals surface area contributed by atoms with Crippen LogP contribution in [-0.2, 0) is 18.3 Å².